The van der Waals surface area contributed by atoms with Crippen molar-refractivity contribution in [2.24, 2.45) is 0 Å². The number of anilines is 1. The normalized spacial score (nSPS) is 12.7. The van der Waals surface area contributed by atoms with Gasteiger partial charge in [0.1, 0.15) is 0 Å². The minimum absolute atomic E-state index is 0.134. The molecule has 0 saturated heterocycles. The average molecular weight is 462 g/mol. The molecule has 4 aromatic rings. The van der Waals surface area contributed by atoms with E-state index in [9.17, 15) is 9.59 Å². The van der Waals surface area contributed by atoms with E-state index >= 15 is 0 Å². The molecule has 1 aliphatic carbocycles. The van der Waals surface area contributed by atoms with Crippen LogP contribution in [0.3, 0.4) is 0 Å². The third kappa shape index (κ3) is 4.16. The molecule has 0 spiro atoms. The molecule has 0 unspecified atom stereocenters. The van der Waals surface area contributed by atoms with Crippen LogP contribution in [0.1, 0.15) is 17.5 Å². The summed E-state index contributed by atoms with van der Waals surface area (Å²) >= 11 is 7.26. The van der Waals surface area contributed by atoms with Crippen LogP contribution in [0.5, 0.6) is 0 Å². The molecule has 0 bridgehead atoms. The van der Waals surface area contributed by atoms with E-state index in [2.05, 4.69) is 22.4 Å². The number of aryl methyl sites for hydroxylation is 2. The maximum atomic E-state index is 13.3. The van der Waals surface area contributed by atoms with Crippen molar-refractivity contribution in [3.8, 4) is 5.69 Å². The number of carbonyl (C=O) groups is 1. The number of halogens is 1. The van der Waals surface area contributed by atoms with Crippen LogP contribution >= 0.6 is 23.4 Å². The van der Waals surface area contributed by atoms with Gasteiger partial charge in [-0.2, -0.15) is 0 Å². The molecule has 32 heavy (non-hydrogen) atoms. The predicted molar refractivity (Wildman–Crippen MR) is 130 cm³/mol. The standard InChI is InChI=1S/C25H20ClN3O2S/c26-18-9-12-20(13-10-18)29-24(31)21-6-1-2-7-22(21)28-25(29)32-15-23(30)27-19-11-8-16-4-3-5-17(16)14-19/h1-2,6-14H,3-5,15H2,(H,27,30). The van der Waals surface area contributed by atoms with Crippen LogP contribution in [0.25, 0.3) is 16.6 Å². The minimum Gasteiger partial charge on any atom is -0.325 e. The zero-order valence-corrected chi connectivity index (χ0v) is 18.7. The van der Waals surface area contributed by atoms with Gasteiger partial charge < -0.3 is 5.32 Å². The number of aromatic nitrogens is 2. The number of hydrogen-bond donors (Lipinski definition) is 1. The first kappa shape index (κ1) is 20.8. The summed E-state index contributed by atoms with van der Waals surface area (Å²) in [6.45, 7) is 0. The van der Waals surface area contributed by atoms with Crippen LogP contribution in [0.4, 0.5) is 5.69 Å². The van der Waals surface area contributed by atoms with E-state index in [-0.39, 0.29) is 17.2 Å². The Morgan fingerprint density at radius 2 is 1.81 bits per heavy atom. The summed E-state index contributed by atoms with van der Waals surface area (Å²) < 4.78 is 1.53. The quantitative estimate of drug-likeness (QED) is 0.325. The fourth-order valence-corrected chi connectivity index (χ4v) is 4.94. The number of rotatable bonds is 5. The molecule has 1 amide bonds. The predicted octanol–water partition coefficient (Wildman–Crippen LogP) is 5.26. The van der Waals surface area contributed by atoms with Crippen molar-refractivity contribution in [3.63, 3.8) is 0 Å². The van der Waals surface area contributed by atoms with Crippen molar-refractivity contribution >= 4 is 45.9 Å². The van der Waals surface area contributed by atoms with Gasteiger partial charge in [-0.1, -0.05) is 41.6 Å². The number of hydrogen-bond acceptors (Lipinski definition) is 4. The van der Waals surface area contributed by atoms with Crippen molar-refractivity contribution in [3.05, 3.63) is 93.2 Å². The number of fused-ring (bicyclic) bond motifs is 2. The molecule has 0 aliphatic heterocycles. The van der Waals surface area contributed by atoms with Crippen LogP contribution in [0.15, 0.2) is 76.7 Å². The molecule has 0 fully saturated rings. The summed E-state index contributed by atoms with van der Waals surface area (Å²) in [5.41, 5.74) is 4.55. The van der Waals surface area contributed by atoms with Gasteiger partial charge in [-0.15, -0.1) is 0 Å². The highest BCUT2D eigenvalue weighted by Gasteiger charge is 2.16. The van der Waals surface area contributed by atoms with Crippen molar-refractivity contribution < 1.29 is 4.79 Å². The molecule has 5 rings (SSSR count). The molecule has 3 aromatic carbocycles. The molecule has 1 aromatic heterocycles. The molecule has 1 aliphatic rings. The average Bonchev–Trinajstić information content (AvgIpc) is 3.27. The number of amides is 1. The Kier molecular flexibility index (Phi) is 5.72. The van der Waals surface area contributed by atoms with Gasteiger partial charge in [0.05, 0.1) is 22.3 Å². The first-order chi connectivity index (χ1) is 15.6. The fraction of sp³-hybridized carbons (Fsp3) is 0.160. The minimum atomic E-state index is -0.181. The van der Waals surface area contributed by atoms with Gasteiger partial charge in [-0.3, -0.25) is 14.2 Å². The molecular weight excluding hydrogens is 442 g/mol. The number of thioether (sulfide) groups is 1. The lowest BCUT2D eigenvalue weighted by molar-refractivity contribution is -0.113. The van der Waals surface area contributed by atoms with Crippen LogP contribution < -0.4 is 10.9 Å². The zero-order valence-electron chi connectivity index (χ0n) is 17.2. The van der Waals surface area contributed by atoms with E-state index in [0.717, 1.165) is 18.5 Å². The number of para-hydroxylation sites is 1. The summed E-state index contributed by atoms with van der Waals surface area (Å²) in [6.07, 6.45) is 3.33. The van der Waals surface area contributed by atoms with Gasteiger partial charge >= 0.3 is 0 Å². The van der Waals surface area contributed by atoms with Crippen molar-refractivity contribution in [1.82, 2.24) is 9.55 Å². The van der Waals surface area contributed by atoms with E-state index in [4.69, 9.17) is 11.6 Å². The summed E-state index contributed by atoms with van der Waals surface area (Å²) in [7, 11) is 0. The molecule has 0 saturated carbocycles. The second kappa shape index (κ2) is 8.81. The highest BCUT2D eigenvalue weighted by Crippen LogP contribution is 2.26. The highest BCUT2D eigenvalue weighted by atomic mass is 35.5. The molecular formula is C25H20ClN3O2S. The van der Waals surface area contributed by atoms with Gasteiger partial charge in [0.2, 0.25) is 5.91 Å². The molecule has 1 N–H and O–H groups in total. The van der Waals surface area contributed by atoms with Gasteiger partial charge in [-0.25, -0.2) is 4.98 Å². The Morgan fingerprint density at radius 3 is 2.66 bits per heavy atom. The second-order valence-electron chi connectivity index (χ2n) is 7.70. The lowest BCUT2D eigenvalue weighted by atomic mass is 10.1. The van der Waals surface area contributed by atoms with Gasteiger partial charge in [0, 0.05) is 10.7 Å². The first-order valence-electron chi connectivity index (χ1n) is 10.4. The van der Waals surface area contributed by atoms with E-state index in [1.54, 1.807) is 36.4 Å². The van der Waals surface area contributed by atoms with Gasteiger partial charge in [-0.05, 0) is 78.9 Å². The summed E-state index contributed by atoms with van der Waals surface area (Å²) in [6, 6.07) is 20.3. The Balaban J connectivity index is 1.43. The SMILES string of the molecule is O=C(CSc1nc2ccccc2c(=O)n1-c1ccc(Cl)cc1)Nc1ccc2c(c1)CCC2. The van der Waals surface area contributed by atoms with Crippen molar-refractivity contribution in [1.29, 1.82) is 0 Å². The number of nitrogens with zero attached hydrogens (tertiary/aromatic N) is 2. The lowest BCUT2D eigenvalue weighted by Gasteiger charge is -2.13. The maximum Gasteiger partial charge on any atom is 0.266 e. The van der Waals surface area contributed by atoms with E-state index < -0.39 is 0 Å². The van der Waals surface area contributed by atoms with Crippen LogP contribution in [0.2, 0.25) is 5.02 Å². The van der Waals surface area contributed by atoms with Crippen molar-refractivity contribution in [2.75, 3.05) is 11.1 Å². The summed E-state index contributed by atoms with van der Waals surface area (Å²) in [5, 5.41) is 4.53. The molecule has 160 valence electrons. The van der Waals surface area contributed by atoms with Gasteiger partial charge in [0.25, 0.3) is 5.56 Å². The Hall–Kier alpha value is -3.09. The Morgan fingerprint density at radius 1 is 1.03 bits per heavy atom. The smallest absolute Gasteiger partial charge is 0.266 e. The van der Waals surface area contributed by atoms with Crippen LogP contribution in [-0.2, 0) is 17.6 Å². The Bertz CT molecular complexity index is 1380. The van der Waals surface area contributed by atoms with E-state index in [0.29, 0.717) is 26.8 Å². The van der Waals surface area contributed by atoms with Gasteiger partial charge in [0.15, 0.2) is 5.16 Å². The largest absolute Gasteiger partial charge is 0.325 e. The van der Waals surface area contributed by atoms with Crippen LogP contribution in [0, 0.1) is 0 Å². The summed E-state index contributed by atoms with van der Waals surface area (Å²) in [5.74, 6) is -0.00635. The first-order valence-corrected chi connectivity index (χ1v) is 11.8. The third-order valence-electron chi connectivity index (χ3n) is 5.54. The number of nitrogens with one attached hydrogen (secondary N) is 1. The Labute approximate surface area is 194 Å². The molecule has 0 atom stereocenters. The zero-order chi connectivity index (χ0) is 22.1. The van der Waals surface area contributed by atoms with Crippen LogP contribution in [-0.4, -0.2) is 21.2 Å². The third-order valence-corrected chi connectivity index (χ3v) is 6.73. The number of carbonyl (C=O) groups excluding carboxylic acids is 1. The second-order valence-corrected chi connectivity index (χ2v) is 9.08. The summed E-state index contributed by atoms with van der Waals surface area (Å²) in [4.78, 5) is 30.6. The topological polar surface area (TPSA) is 64.0 Å². The van der Waals surface area contributed by atoms with E-state index in [1.807, 2.05) is 18.2 Å². The molecule has 0 radical (unpaired) electrons. The maximum absolute atomic E-state index is 13.3. The number of benzene rings is 3. The molecule has 7 heteroatoms. The molecule has 1 heterocycles. The lowest BCUT2D eigenvalue weighted by Crippen LogP contribution is -2.23. The monoisotopic (exact) mass is 461 g/mol. The van der Waals surface area contributed by atoms with E-state index in [1.165, 1.54) is 33.9 Å². The molecule has 5 nitrogen and oxygen atoms in total. The highest BCUT2D eigenvalue weighted by molar-refractivity contribution is 7.99. The van der Waals surface area contributed by atoms with Crippen molar-refractivity contribution in [2.45, 2.75) is 24.4 Å². The fourth-order valence-electron chi connectivity index (χ4n) is 4.00.